The van der Waals surface area contributed by atoms with Crippen LogP contribution in [0.2, 0.25) is 0 Å². The molecule has 1 aliphatic rings. The highest BCUT2D eigenvalue weighted by Gasteiger charge is 2.38. The second-order valence-corrected chi connectivity index (χ2v) is 6.83. The third-order valence-electron chi connectivity index (χ3n) is 4.93. The minimum Gasteiger partial charge on any atom is -0.348 e. The maximum atomic E-state index is 12.4. The van der Waals surface area contributed by atoms with E-state index < -0.39 is 0 Å². The van der Waals surface area contributed by atoms with Gasteiger partial charge in [-0.05, 0) is 25.3 Å². The Hall–Kier alpha value is -2.21. The molecule has 2 N–H and O–H groups in total. The van der Waals surface area contributed by atoms with Crippen molar-refractivity contribution in [3.05, 3.63) is 47.6 Å². The SMILES string of the molecule is Cc1nc(C2(NCC(=O)NC(C)c3ccccc3)CCCCC2)no1. The molecule has 0 saturated heterocycles. The maximum absolute atomic E-state index is 12.4. The van der Waals surface area contributed by atoms with Gasteiger partial charge in [0.25, 0.3) is 0 Å². The van der Waals surface area contributed by atoms with Gasteiger partial charge in [-0.25, -0.2) is 0 Å². The molecular formula is C19H26N4O2. The summed E-state index contributed by atoms with van der Waals surface area (Å²) < 4.78 is 5.17. The molecule has 6 heteroatoms. The van der Waals surface area contributed by atoms with Crippen LogP contribution in [0.1, 0.15) is 62.3 Å². The van der Waals surface area contributed by atoms with E-state index in [1.54, 1.807) is 6.92 Å². The molecule has 1 atom stereocenters. The Balaban J connectivity index is 1.62. The van der Waals surface area contributed by atoms with E-state index in [0.29, 0.717) is 11.7 Å². The molecule has 1 fully saturated rings. The van der Waals surface area contributed by atoms with Crippen molar-refractivity contribution in [2.24, 2.45) is 0 Å². The second kappa shape index (κ2) is 7.78. The number of carbonyl (C=O) groups is 1. The van der Waals surface area contributed by atoms with E-state index >= 15 is 0 Å². The quantitative estimate of drug-likeness (QED) is 0.843. The summed E-state index contributed by atoms with van der Waals surface area (Å²) in [4.78, 5) is 16.8. The number of hydrogen-bond donors (Lipinski definition) is 2. The molecule has 1 aliphatic carbocycles. The van der Waals surface area contributed by atoms with Crippen LogP contribution in [0.4, 0.5) is 0 Å². The zero-order chi connectivity index (χ0) is 17.7. The van der Waals surface area contributed by atoms with E-state index in [-0.39, 0.29) is 24.0 Å². The van der Waals surface area contributed by atoms with E-state index in [1.165, 1.54) is 6.42 Å². The van der Waals surface area contributed by atoms with Gasteiger partial charge >= 0.3 is 0 Å². The topological polar surface area (TPSA) is 80.0 Å². The summed E-state index contributed by atoms with van der Waals surface area (Å²) in [6.07, 6.45) is 5.25. The largest absolute Gasteiger partial charge is 0.348 e. The minimum atomic E-state index is -0.358. The normalized spacial score (nSPS) is 17.8. The first kappa shape index (κ1) is 17.6. The zero-order valence-corrected chi connectivity index (χ0v) is 14.9. The summed E-state index contributed by atoms with van der Waals surface area (Å²) in [5, 5.41) is 10.6. The van der Waals surface area contributed by atoms with Crippen molar-refractivity contribution in [2.45, 2.75) is 57.5 Å². The van der Waals surface area contributed by atoms with Gasteiger partial charge in [-0.2, -0.15) is 4.98 Å². The first-order chi connectivity index (χ1) is 12.1. The molecule has 134 valence electrons. The molecule has 2 aromatic rings. The van der Waals surface area contributed by atoms with Gasteiger partial charge in [-0.1, -0.05) is 54.8 Å². The van der Waals surface area contributed by atoms with Crippen molar-refractivity contribution in [1.29, 1.82) is 0 Å². The lowest BCUT2D eigenvalue weighted by molar-refractivity contribution is -0.121. The van der Waals surface area contributed by atoms with Crippen molar-refractivity contribution in [3.63, 3.8) is 0 Å². The van der Waals surface area contributed by atoms with E-state index in [4.69, 9.17) is 4.52 Å². The van der Waals surface area contributed by atoms with Crippen LogP contribution in [0.5, 0.6) is 0 Å². The average Bonchev–Trinajstić information content (AvgIpc) is 3.09. The van der Waals surface area contributed by atoms with Crippen LogP contribution in [0.3, 0.4) is 0 Å². The molecule has 0 radical (unpaired) electrons. The standard InChI is InChI=1S/C19H26N4O2/c1-14(16-9-5-3-6-10-16)21-17(24)13-20-19(11-7-4-8-12-19)18-22-15(2)25-23-18/h3,5-6,9-10,14,20H,4,7-8,11-13H2,1-2H3,(H,21,24). The van der Waals surface area contributed by atoms with Gasteiger partial charge in [-0.15, -0.1) is 0 Å². The predicted octanol–water partition coefficient (Wildman–Crippen LogP) is 3.00. The van der Waals surface area contributed by atoms with E-state index in [0.717, 1.165) is 31.2 Å². The van der Waals surface area contributed by atoms with Crippen molar-refractivity contribution < 1.29 is 9.32 Å². The van der Waals surface area contributed by atoms with Crippen LogP contribution in [0, 0.1) is 6.92 Å². The lowest BCUT2D eigenvalue weighted by Gasteiger charge is -2.35. The molecule has 0 spiro atoms. The third kappa shape index (κ3) is 4.25. The van der Waals surface area contributed by atoms with Gasteiger partial charge < -0.3 is 9.84 Å². The van der Waals surface area contributed by atoms with Gasteiger partial charge in [-0.3, -0.25) is 10.1 Å². The Morgan fingerprint density at radius 2 is 1.96 bits per heavy atom. The van der Waals surface area contributed by atoms with Crippen LogP contribution in [0.15, 0.2) is 34.9 Å². The number of aryl methyl sites for hydroxylation is 1. The predicted molar refractivity (Wildman–Crippen MR) is 94.8 cm³/mol. The highest BCUT2D eigenvalue weighted by atomic mass is 16.5. The highest BCUT2D eigenvalue weighted by molar-refractivity contribution is 5.78. The van der Waals surface area contributed by atoms with Crippen molar-refractivity contribution >= 4 is 5.91 Å². The molecular weight excluding hydrogens is 316 g/mol. The van der Waals surface area contributed by atoms with Crippen LogP contribution in [-0.4, -0.2) is 22.6 Å². The van der Waals surface area contributed by atoms with Gasteiger partial charge in [0, 0.05) is 6.92 Å². The Labute approximate surface area is 148 Å². The lowest BCUT2D eigenvalue weighted by atomic mass is 9.81. The minimum absolute atomic E-state index is 0.0229. The van der Waals surface area contributed by atoms with Crippen LogP contribution in [-0.2, 0) is 10.3 Å². The fraction of sp³-hybridized carbons (Fsp3) is 0.526. The molecule has 0 aliphatic heterocycles. The second-order valence-electron chi connectivity index (χ2n) is 6.83. The molecule has 3 rings (SSSR count). The Morgan fingerprint density at radius 1 is 1.24 bits per heavy atom. The van der Waals surface area contributed by atoms with Crippen molar-refractivity contribution in [1.82, 2.24) is 20.8 Å². The molecule has 1 amide bonds. The number of nitrogens with zero attached hydrogens (tertiary/aromatic N) is 2. The lowest BCUT2D eigenvalue weighted by Crippen LogP contribution is -2.49. The highest BCUT2D eigenvalue weighted by Crippen LogP contribution is 2.35. The smallest absolute Gasteiger partial charge is 0.234 e. The van der Waals surface area contributed by atoms with E-state index in [9.17, 15) is 4.79 Å². The Morgan fingerprint density at radius 3 is 2.60 bits per heavy atom. The van der Waals surface area contributed by atoms with Crippen LogP contribution < -0.4 is 10.6 Å². The number of nitrogens with one attached hydrogen (secondary N) is 2. The molecule has 25 heavy (non-hydrogen) atoms. The number of rotatable bonds is 6. The van der Waals surface area contributed by atoms with Gasteiger partial charge in [0.05, 0.1) is 18.1 Å². The summed E-state index contributed by atoms with van der Waals surface area (Å²) in [7, 11) is 0. The van der Waals surface area contributed by atoms with Gasteiger partial charge in [0.2, 0.25) is 11.8 Å². The van der Waals surface area contributed by atoms with Crippen LogP contribution in [0.25, 0.3) is 0 Å². The summed E-state index contributed by atoms with van der Waals surface area (Å²) in [5.41, 5.74) is 0.737. The average molecular weight is 342 g/mol. The number of hydrogen-bond acceptors (Lipinski definition) is 5. The number of carbonyl (C=O) groups excluding carboxylic acids is 1. The van der Waals surface area contributed by atoms with Crippen molar-refractivity contribution in [3.8, 4) is 0 Å². The fourth-order valence-corrected chi connectivity index (χ4v) is 3.50. The van der Waals surface area contributed by atoms with E-state index in [1.807, 2.05) is 37.3 Å². The van der Waals surface area contributed by atoms with Crippen LogP contribution >= 0.6 is 0 Å². The fourth-order valence-electron chi connectivity index (χ4n) is 3.50. The number of amides is 1. The summed E-state index contributed by atoms with van der Waals surface area (Å²) >= 11 is 0. The van der Waals surface area contributed by atoms with Gasteiger partial charge in [0.1, 0.15) is 0 Å². The Bertz CT molecular complexity index is 692. The van der Waals surface area contributed by atoms with Crippen molar-refractivity contribution in [2.75, 3.05) is 6.54 Å². The number of aromatic nitrogens is 2. The monoisotopic (exact) mass is 342 g/mol. The van der Waals surface area contributed by atoms with Gasteiger partial charge in [0.15, 0.2) is 5.82 Å². The first-order valence-corrected chi connectivity index (χ1v) is 8.99. The molecule has 1 heterocycles. The first-order valence-electron chi connectivity index (χ1n) is 8.99. The summed E-state index contributed by atoms with van der Waals surface area (Å²) in [6.45, 7) is 4.03. The summed E-state index contributed by atoms with van der Waals surface area (Å²) in [5.74, 6) is 1.21. The molecule has 1 aromatic carbocycles. The van der Waals surface area contributed by atoms with E-state index in [2.05, 4.69) is 20.8 Å². The maximum Gasteiger partial charge on any atom is 0.234 e. The Kier molecular flexibility index (Phi) is 5.48. The molecule has 0 bridgehead atoms. The zero-order valence-electron chi connectivity index (χ0n) is 14.9. The molecule has 1 saturated carbocycles. The number of benzene rings is 1. The summed E-state index contributed by atoms with van der Waals surface area (Å²) in [6, 6.07) is 9.94. The third-order valence-corrected chi connectivity index (χ3v) is 4.93. The molecule has 1 aromatic heterocycles. The molecule has 1 unspecified atom stereocenters. The molecule has 6 nitrogen and oxygen atoms in total.